The number of rotatable bonds is 47. The predicted molar refractivity (Wildman–Crippen MR) is 293 cm³/mol. The number of hydrogen-bond acceptors (Lipinski definition) is 15. The van der Waals surface area contributed by atoms with Crippen LogP contribution < -0.4 is 11.1 Å². The SMILES string of the molecule is CCCCC[C@H](C)CCOC(CCC(CCCO)CCC(=O)NCCOCCOCCOCCOCCC)CC(=O)C(C)/C=C/C[C@@H](OC)C(=O)CC[C@H](N)/C=C/C=C/C=C(\C)[C@@H]1C[C@@]2(CC[C@@H](C)[C@](O)(C=O)O2)O1. The molecule has 1 amide bonds. The highest BCUT2D eigenvalue weighted by Gasteiger charge is 2.56. The highest BCUT2D eigenvalue weighted by Crippen LogP contribution is 2.48. The average Bonchev–Trinajstić information content (AvgIpc) is 3.38. The fourth-order valence-electron chi connectivity index (χ4n) is 9.07. The minimum Gasteiger partial charge on any atom is -0.396 e. The number of nitrogens with one attached hydrogen (secondary N) is 1. The molecule has 0 aliphatic carbocycles. The lowest BCUT2D eigenvalue weighted by atomic mass is 9.83. The number of allylic oxidation sites excluding steroid dienone is 5. The van der Waals surface area contributed by atoms with E-state index in [1.807, 2.05) is 56.4 Å². The predicted octanol–water partition coefficient (Wildman–Crippen LogP) is 8.63. The van der Waals surface area contributed by atoms with Gasteiger partial charge in [0.2, 0.25) is 11.7 Å². The van der Waals surface area contributed by atoms with E-state index in [-0.39, 0.29) is 72.9 Å². The van der Waals surface area contributed by atoms with Gasteiger partial charge in [-0.15, -0.1) is 0 Å². The number of ether oxygens (including phenoxy) is 8. The first-order chi connectivity index (χ1) is 36.1. The van der Waals surface area contributed by atoms with Crippen molar-refractivity contribution in [1.29, 1.82) is 0 Å². The first kappa shape index (κ1) is 68.1. The van der Waals surface area contributed by atoms with E-state index in [0.29, 0.717) is 129 Å². The molecule has 0 bridgehead atoms. The van der Waals surface area contributed by atoms with Gasteiger partial charge in [-0.25, -0.2) is 0 Å². The molecule has 2 fully saturated rings. The second-order valence-corrected chi connectivity index (χ2v) is 20.9. The highest BCUT2D eigenvalue weighted by atomic mass is 16.8. The van der Waals surface area contributed by atoms with Gasteiger partial charge in [-0.3, -0.25) is 19.2 Å². The molecule has 16 heteroatoms. The van der Waals surface area contributed by atoms with Crippen molar-refractivity contribution in [3.63, 3.8) is 0 Å². The highest BCUT2D eigenvalue weighted by molar-refractivity contribution is 5.84. The van der Waals surface area contributed by atoms with Crippen molar-refractivity contribution in [1.82, 2.24) is 5.32 Å². The Hall–Kier alpha value is -3.00. The molecule has 0 saturated carbocycles. The molecule has 2 aliphatic rings. The summed E-state index contributed by atoms with van der Waals surface area (Å²) in [5.41, 5.74) is 7.31. The number of methoxy groups -OCH3 is 1. The standard InChI is InChI=1S/C59H102N2O14/c1-8-10-12-17-46(3)30-35-73-52(26-23-50(20-16-33-62)24-28-57(66)61-32-36-70-38-40-72-42-41-71-39-37-69-34-9-2)43-54(65)47(4)19-15-22-55(68-7)53(64)27-25-51(60)21-14-11-13-18-48(5)56-44-58(74-56)31-29-49(6)59(67,45-63)75-58/h11,13-15,18-19,21,45-47,49-52,55-56,62,67H,8-10,12,16-17,20,22-44,60H2,1-7H3,(H,61,66)/b13-11+,19-15+,21-14+,48-18+/t46-,47?,49+,50?,51+,52?,55+,56-,58-,59-/m0/s1. The molecule has 10 atom stereocenters. The van der Waals surface area contributed by atoms with Crippen LogP contribution in [0, 0.1) is 23.7 Å². The zero-order chi connectivity index (χ0) is 55.2. The van der Waals surface area contributed by atoms with Gasteiger partial charge >= 0.3 is 0 Å². The van der Waals surface area contributed by atoms with Crippen molar-refractivity contribution in [3.8, 4) is 0 Å². The summed E-state index contributed by atoms with van der Waals surface area (Å²) in [5, 5.41) is 23.1. The fraction of sp³-hybridized carbons (Fsp3) is 0.797. The summed E-state index contributed by atoms with van der Waals surface area (Å²) in [6.07, 6.45) is 26.2. The number of nitrogens with two attached hydrogens (primary N) is 1. The second-order valence-electron chi connectivity index (χ2n) is 20.9. The summed E-state index contributed by atoms with van der Waals surface area (Å²) >= 11 is 0. The third kappa shape index (κ3) is 30.1. The molecule has 2 saturated heterocycles. The minimum absolute atomic E-state index is 0.0392. The minimum atomic E-state index is -1.82. The van der Waals surface area contributed by atoms with Crippen LogP contribution in [0.1, 0.15) is 164 Å². The summed E-state index contributed by atoms with van der Waals surface area (Å²) < 4.78 is 45.8. The van der Waals surface area contributed by atoms with Gasteiger partial charge in [-0.1, -0.05) is 103 Å². The van der Waals surface area contributed by atoms with Crippen molar-refractivity contribution in [2.24, 2.45) is 29.4 Å². The van der Waals surface area contributed by atoms with Crippen molar-refractivity contribution in [2.45, 2.75) is 199 Å². The van der Waals surface area contributed by atoms with E-state index >= 15 is 0 Å². The number of hydrogen-bond donors (Lipinski definition) is 4. The van der Waals surface area contributed by atoms with Crippen LogP contribution in [0.5, 0.6) is 0 Å². The largest absolute Gasteiger partial charge is 0.396 e. The van der Waals surface area contributed by atoms with E-state index in [9.17, 15) is 29.4 Å². The summed E-state index contributed by atoms with van der Waals surface area (Å²) in [5.74, 6) is -2.73. The summed E-state index contributed by atoms with van der Waals surface area (Å²) in [7, 11) is 1.51. The van der Waals surface area contributed by atoms with E-state index < -0.39 is 17.7 Å². The Bertz CT molecular complexity index is 1670. The van der Waals surface area contributed by atoms with E-state index in [4.69, 9.17) is 43.6 Å². The number of ketones is 2. The molecule has 0 aromatic heterocycles. The number of carbonyl (C=O) groups is 4. The van der Waals surface area contributed by atoms with Crippen LogP contribution in [0.2, 0.25) is 0 Å². The molecule has 3 unspecified atom stereocenters. The van der Waals surface area contributed by atoms with Crippen LogP contribution in [-0.4, -0.2) is 150 Å². The normalized spacial score (nSPS) is 22.6. The van der Waals surface area contributed by atoms with E-state index in [2.05, 4.69) is 26.1 Å². The maximum atomic E-state index is 13.7. The second kappa shape index (κ2) is 41.1. The Morgan fingerprint density at radius 2 is 1.49 bits per heavy atom. The zero-order valence-corrected chi connectivity index (χ0v) is 47.3. The maximum absolute atomic E-state index is 13.7. The lowest BCUT2D eigenvalue weighted by molar-refractivity contribution is -0.419. The van der Waals surface area contributed by atoms with Crippen LogP contribution in [0.3, 0.4) is 0 Å². The lowest BCUT2D eigenvalue weighted by Crippen LogP contribution is -2.62. The maximum Gasteiger partial charge on any atom is 0.228 e. The van der Waals surface area contributed by atoms with Crippen LogP contribution in [-0.2, 0) is 57.1 Å². The molecule has 1 spiro atoms. The Morgan fingerprint density at radius 3 is 2.15 bits per heavy atom. The molecule has 5 N–H and O–H groups in total. The first-order valence-electron chi connectivity index (χ1n) is 28.5. The molecule has 0 radical (unpaired) electrons. The molecule has 432 valence electrons. The van der Waals surface area contributed by atoms with E-state index in [0.717, 1.165) is 44.3 Å². The topological polar surface area (TPSA) is 221 Å². The summed E-state index contributed by atoms with van der Waals surface area (Å²) in [6, 6.07) is -0.332. The van der Waals surface area contributed by atoms with Crippen molar-refractivity contribution < 1.29 is 67.3 Å². The quantitative estimate of drug-likeness (QED) is 0.0194. The van der Waals surface area contributed by atoms with Gasteiger partial charge in [0.25, 0.3) is 0 Å². The van der Waals surface area contributed by atoms with Crippen molar-refractivity contribution in [3.05, 3.63) is 48.1 Å². The van der Waals surface area contributed by atoms with E-state index in [1.165, 1.54) is 26.4 Å². The Labute approximate surface area is 451 Å². The molecule has 2 aliphatic heterocycles. The molecule has 2 heterocycles. The van der Waals surface area contributed by atoms with Gasteiger partial charge in [0.15, 0.2) is 17.9 Å². The number of Topliss-reactive ketones (excluding diaryl/α,β-unsaturated/α-hetero) is 2. The Kier molecular flexibility index (Phi) is 37.3. The van der Waals surface area contributed by atoms with Crippen LogP contribution in [0.25, 0.3) is 0 Å². The van der Waals surface area contributed by atoms with E-state index in [1.54, 1.807) is 6.92 Å². The molecule has 2 rings (SSSR count). The number of aliphatic hydroxyl groups excluding tert-OH is 1. The molecular weight excluding hydrogens is 961 g/mol. The molecular formula is C59H102N2O14. The molecule has 75 heavy (non-hydrogen) atoms. The molecule has 0 aromatic carbocycles. The van der Waals surface area contributed by atoms with Gasteiger partial charge in [0.1, 0.15) is 11.9 Å². The van der Waals surface area contributed by atoms with Crippen LogP contribution in [0.4, 0.5) is 0 Å². The zero-order valence-electron chi connectivity index (χ0n) is 47.3. The van der Waals surface area contributed by atoms with Crippen LogP contribution in [0.15, 0.2) is 48.1 Å². The Morgan fingerprint density at radius 1 is 0.800 bits per heavy atom. The molecule has 16 nitrogen and oxygen atoms in total. The third-order valence-corrected chi connectivity index (χ3v) is 14.3. The monoisotopic (exact) mass is 1060 g/mol. The van der Waals surface area contributed by atoms with Gasteiger partial charge in [-0.05, 0) is 88.5 Å². The lowest BCUT2D eigenvalue weighted by Gasteiger charge is -2.54. The van der Waals surface area contributed by atoms with Crippen LogP contribution >= 0.6 is 0 Å². The summed E-state index contributed by atoms with van der Waals surface area (Å²) in [4.78, 5) is 51.1. The summed E-state index contributed by atoms with van der Waals surface area (Å²) in [6.45, 7) is 17.4. The first-order valence-corrected chi connectivity index (χ1v) is 28.5. The number of aldehydes is 1. The van der Waals surface area contributed by atoms with Crippen molar-refractivity contribution in [2.75, 3.05) is 79.7 Å². The molecule has 0 aromatic rings. The Balaban J connectivity index is 1.81. The number of aliphatic hydroxyl groups is 2. The number of amides is 1. The third-order valence-electron chi connectivity index (χ3n) is 14.3. The van der Waals surface area contributed by atoms with Gasteiger partial charge in [0.05, 0.1) is 58.5 Å². The average molecular weight is 1060 g/mol. The van der Waals surface area contributed by atoms with Gasteiger partial charge in [-0.2, -0.15) is 0 Å². The van der Waals surface area contributed by atoms with Gasteiger partial charge < -0.3 is 59.2 Å². The fourth-order valence-corrected chi connectivity index (χ4v) is 9.07. The van der Waals surface area contributed by atoms with Crippen molar-refractivity contribution >= 4 is 23.8 Å². The smallest absolute Gasteiger partial charge is 0.228 e. The number of carbonyl (C=O) groups excluding carboxylic acids is 4. The number of unbranched alkanes of at least 4 members (excludes halogenated alkanes) is 2. The van der Waals surface area contributed by atoms with Gasteiger partial charge in [0, 0.05) is 83.5 Å².